The van der Waals surface area contributed by atoms with Crippen molar-refractivity contribution < 1.29 is 5.11 Å². The van der Waals surface area contributed by atoms with Crippen LogP contribution in [0.4, 0.5) is 0 Å². The summed E-state index contributed by atoms with van der Waals surface area (Å²) < 4.78 is 2.30. The molecule has 1 aliphatic rings. The van der Waals surface area contributed by atoms with E-state index in [4.69, 9.17) is 12.2 Å². The third-order valence-corrected chi connectivity index (χ3v) is 6.19. The lowest BCUT2D eigenvalue weighted by molar-refractivity contribution is 0.247. The Bertz CT molecular complexity index is 1030. The number of rotatable bonds is 6. The van der Waals surface area contributed by atoms with Crippen molar-refractivity contribution in [3.8, 4) is 5.69 Å². The number of aliphatic hydroxyl groups excluding tert-OH is 1. The molecule has 0 spiro atoms. The second-order valence-electron chi connectivity index (χ2n) is 7.89. The molecule has 1 aromatic carbocycles. The molecule has 0 radical (unpaired) electrons. The highest BCUT2D eigenvalue weighted by molar-refractivity contribution is 7.80. The van der Waals surface area contributed by atoms with Gasteiger partial charge in [0, 0.05) is 36.4 Å². The van der Waals surface area contributed by atoms with Crippen LogP contribution in [-0.4, -0.2) is 37.8 Å². The highest BCUT2D eigenvalue weighted by Crippen LogP contribution is 2.41. The molecule has 0 aliphatic carbocycles. The number of aliphatic hydroxyl groups is 1. The second-order valence-corrected chi connectivity index (χ2v) is 8.28. The molecule has 6 heteroatoms. The lowest BCUT2D eigenvalue weighted by atomic mass is 9.96. The molecule has 2 N–H and O–H groups in total. The number of benzene rings is 1. The Morgan fingerprint density at radius 3 is 2.53 bits per heavy atom. The van der Waals surface area contributed by atoms with Crippen LogP contribution in [0.5, 0.6) is 0 Å². The van der Waals surface area contributed by atoms with Gasteiger partial charge in [0.1, 0.15) is 0 Å². The minimum absolute atomic E-state index is 0.0179. The first-order valence-corrected chi connectivity index (χ1v) is 10.8. The maximum absolute atomic E-state index is 9.42. The van der Waals surface area contributed by atoms with E-state index in [2.05, 4.69) is 70.9 Å². The first kappa shape index (κ1) is 20.6. The molecular formula is C24H28N4OS. The molecule has 4 rings (SSSR count). The minimum Gasteiger partial charge on any atom is -0.396 e. The highest BCUT2D eigenvalue weighted by Gasteiger charge is 2.41. The van der Waals surface area contributed by atoms with Crippen molar-refractivity contribution in [1.82, 2.24) is 19.8 Å². The Hall–Kier alpha value is -2.70. The van der Waals surface area contributed by atoms with Crippen LogP contribution in [0.25, 0.3) is 5.69 Å². The predicted octanol–water partition coefficient (Wildman–Crippen LogP) is 4.15. The zero-order chi connectivity index (χ0) is 21.3. The number of nitrogens with one attached hydrogen (secondary N) is 1. The van der Waals surface area contributed by atoms with Crippen molar-refractivity contribution in [3.05, 3.63) is 82.9 Å². The van der Waals surface area contributed by atoms with Gasteiger partial charge in [-0.2, -0.15) is 0 Å². The SMILES string of the molecule is Cc1ccc(-n2c(C)cc(C3C(c4ccccn4)NC(=S)N3CCCO)c2C)cc1. The van der Waals surface area contributed by atoms with Crippen LogP contribution in [0.2, 0.25) is 0 Å². The van der Waals surface area contributed by atoms with E-state index in [9.17, 15) is 5.11 Å². The van der Waals surface area contributed by atoms with E-state index in [1.54, 1.807) is 0 Å². The standard InChI is InChI=1S/C24H28N4OS/c1-16-8-10-19(11-9-16)28-17(2)15-20(18(28)3)23-22(21-7-4-5-12-25-21)26-24(30)27(23)13-6-14-29/h4-5,7-12,15,22-23,29H,6,13-14H2,1-3H3,(H,26,30). The summed E-state index contributed by atoms with van der Waals surface area (Å²) in [7, 11) is 0. The molecule has 5 nitrogen and oxygen atoms in total. The van der Waals surface area contributed by atoms with E-state index in [1.807, 2.05) is 24.4 Å². The van der Waals surface area contributed by atoms with E-state index >= 15 is 0 Å². The fourth-order valence-corrected chi connectivity index (χ4v) is 4.74. The molecule has 1 fully saturated rings. The van der Waals surface area contributed by atoms with E-state index in [-0.39, 0.29) is 18.7 Å². The maximum Gasteiger partial charge on any atom is 0.170 e. The van der Waals surface area contributed by atoms with Gasteiger partial charge in [0.2, 0.25) is 0 Å². The van der Waals surface area contributed by atoms with Gasteiger partial charge < -0.3 is 19.9 Å². The molecule has 0 bridgehead atoms. The number of pyridine rings is 1. The van der Waals surface area contributed by atoms with E-state index in [0.29, 0.717) is 18.1 Å². The number of nitrogens with zero attached hydrogens (tertiary/aromatic N) is 3. The lowest BCUT2D eigenvalue weighted by Crippen LogP contribution is -2.31. The molecule has 3 aromatic rings. The van der Waals surface area contributed by atoms with Crippen molar-refractivity contribution in [1.29, 1.82) is 0 Å². The molecule has 2 unspecified atom stereocenters. The maximum atomic E-state index is 9.42. The Balaban J connectivity index is 1.81. The van der Waals surface area contributed by atoms with Gasteiger partial charge in [0.15, 0.2) is 5.11 Å². The number of hydrogen-bond donors (Lipinski definition) is 2. The largest absolute Gasteiger partial charge is 0.396 e. The second kappa shape index (κ2) is 8.58. The summed E-state index contributed by atoms with van der Waals surface area (Å²) in [6.07, 6.45) is 2.49. The average molecular weight is 421 g/mol. The summed E-state index contributed by atoms with van der Waals surface area (Å²) >= 11 is 5.70. The van der Waals surface area contributed by atoms with Crippen LogP contribution in [-0.2, 0) is 0 Å². The Labute approximate surface area is 183 Å². The summed E-state index contributed by atoms with van der Waals surface area (Å²) in [5.41, 5.74) is 6.99. The number of aryl methyl sites for hydroxylation is 2. The molecular weight excluding hydrogens is 392 g/mol. The van der Waals surface area contributed by atoms with Crippen LogP contribution in [0.3, 0.4) is 0 Å². The Morgan fingerprint density at radius 1 is 1.10 bits per heavy atom. The molecule has 2 aromatic heterocycles. The summed E-state index contributed by atoms with van der Waals surface area (Å²) in [6, 6.07) is 16.8. The van der Waals surface area contributed by atoms with Crippen LogP contribution in [0, 0.1) is 20.8 Å². The number of hydrogen-bond acceptors (Lipinski definition) is 3. The van der Waals surface area contributed by atoms with Gasteiger partial charge in [-0.1, -0.05) is 23.8 Å². The molecule has 0 saturated carbocycles. The van der Waals surface area contributed by atoms with Crippen molar-refractivity contribution in [2.24, 2.45) is 0 Å². The van der Waals surface area contributed by atoms with Crippen molar-refractivity contribution >= 4 is 17.3 Å². The van der Waals surface area contributed by atoms with Crippen molar-refractivity contribution in [2.45, 2.75) is 39.3 Å². The summed E-state index contributed by atoms with van der Waals surface area (Å²) in [5.74, 6) is 0. The van der Waals surface area contributed by atoms with Gasteiger partial charge >= 0.3 is 0 Å². The minimum atomic E-state index is -0.0376. The third-order valence-electron chi connectivity index (χ3n) is 5.84. The Morgan fingerprint density at radius 2 is 1.87 bits per heavy atom. The zero-order valence-electron chi connectivity index (χ0n) is 17.7. The fourth-order valence-electron chi connectivity index (χ4n) is 4.40. The van der Waals surface area contributed by atoms with Crippen LogP contribution >= 0.6 is 12.2 Å². The van der Waals surface area contributed by atoms with Gasteiger partial charge in [-0.05, 0) is 75.3 Å². The van der Waals surface area contributed by atoms with Crippen molar-refractivity contribution in [3.63, 3.8) is 0 Å². The van der Waals surface area contributed by atoms with E-state index < -0.39 is 0 Å². The molecule has 2 atom stereocenters. The van der Waals surface area contributed by atoms with E-state index in [1.165, 1.54) is 22.5 Å². The van der Waals surface area contributed by atoms with Gasteiger partial charge in [-0.3, -0.25) is 4.98 Å². The van der Waals surface area contributed by atoms with Crippen LogP contribution in [0.1, 0.15) is 46.7 Å². The topological polar surface area (TPSA) is 53.3 Å². The monoisotopic (exact) mass is 420 g/mol. The first-order valence-electron chi connectivity index (χ1n) is 10.4. The lowest BCUT2D eigenvalue weighted by Gasteiger charge is -2.28. The van der Waals surface area contributed by atoms with Gasteiger partial charge in [0.05, 0.1) is 17.8 Å². The average Bonchev–Trinajstić information content (AvgIpc) is 3.23. The molecule has 156 valence electrons. The van der Waals surface area contributed by atoms with Gasteiger partial charge in [-0.25, -0.2) is 0 Å². The number of aromatic nitrogens is 2. The van der Waals surface area contributed by atoms with Gasteiger partial charge in [0.25, 0.3) is 0 Å². The zero-order valence-corrected chi connectivity index (χ0v) is 18.5. The van der Waals surface area contributed by atoms with Gasteiger partial charge in [-0.15, -0.1) is 0 Å². The number of thiocarbonyl (C=S) groups is 1. The molecule has 0 amide bonds. The predicted molar refractivity (Wildman–Crippen MR) is 124 cm³/mol. The quantitative estimate of drug-likeness (QED) is 0.587. The molecule has 1 aliphatic heterocycles. The summed E-state index contributed by atoms with van der Waals surface area (Å²) in [4.78, 5) is 6.81. The third kappa shape index (κ3) is 3.73. The Kier molecular flexibility index (Phi) is 5.88. The molecule has 30 heavy (non-hydrogen) atoms. The van der Waals surface area contributed by atoms with E-state index in [0.717, 1.165) is 11.4 Å². The highest BCUT2D eigenvalue weighted by atomic mass is 32.1. The fraction of sp³-hybridized carbons (Fsp3) is 0.333. The smallest absolute Gasteiger partial charge is 0.170 e. The summed E-state index contributed by atoms with van der Waals surface area (Å²) in [6.45, 7) is 7.26. The molecule has 1 saturated heterocycles. The van der Waals surface area contributed by atoms with Crippen LogP contribution < -0.4 is 5.32 Å². The van der Waals surface area contributed by atoms with Crippen molar-refractivity contribution in [2.75, 3.05) is 13.2 Å². The normalized spacial score (nSPS) is 18.7. The molecule has 3 heterocycles. The summed E-state index contributed by atoms with van der Waals surface area (Å²) in [5, 5.41) is 13.6. The van der Waals surface area contributed by atoms with Crippen LogP contribution in [0.15, 0.2) is 54.7 Å². The first-order chi connectivity index (χ1) is 14.5.